The molecule has 0 bridgehead atoms. The molecule has 0 heterocycles. The molecular formula is C20H33F2NO2. The Hall–Kier alpha value is -0.520. The van der Waals surface area contributed by atoms with Crippen molar-refractivity contribution in [1.82, 2.24) is 0 Å². The van der Waals surface area contributed by atoms with Crippen LogP contribution < -0.4 is 5.73 Å². The Bertz CT molecular complexity index is 536. The van der Waals surface area contributed by atoms with E-state index < -0.39 is 11.5 Å². The molecule has 0 radical (unpaired) electrons. The highest BCUT2D eigenvalue weighted by Gasteiger charge is 2.57. The van der Waals surface area contributed by atoms with Crippen LogP contribution in [-0.2, 0) is 0 Å². The Morgan fingerprint density at radius 1 is 1.16 bits per heavy atom. The first kappa shape index (κ1) is 19.2. The predicted molar refractivity (Wildman–Crippen MR) is 93.9 cm³/mol. The highest BCUT2D eigenvalue weighted by atomic mass is 19.3. The summed E-state index contributed by atoms with van der Waals surface area (Å²) in [6.45, 7) is 4.83. The lowest BCUT2D eigenvalue weighted by Crippen LogP contribution is -2.52. The molecule has 3 fully saturated rings. The van der Waals surface area contributed by atoms with E-state index in [-0.39, 0.29) is 35.9 Å². The highest BCUT2D eigenvalue weighted by Crippen LogP contribution is 2.64. The molecule has 25 heavy (non-hydrogen) atoms. The molecule has 0 saturated heterocycles. The number of fused-ring (bicyclic) bond motifs is 1. The minimum Gasteiger partial charge on any atom is -0.396 e. The van der Waals surface area contributed by atoms with Crippen LogP contribution in [0.3, 0.4) is 0 Å². The van der Waals surface area contributed by atoms with E-state index in [1.807, 2.05) is 6.92 Å². The Labute approximate surface area is 149 Å². The van der Waals surface area contributed by atoms with Crippen LogP contribution in [0.2, 0.25) is 0 Å². The third kappa shape index (κ3) is 2.96. The zero-order valence-electron chi connectivity index (χ0n) is 15.5. The first-order valence-corrected chi connectivity index (χ1v) is 9.81. The second-order valence-corrected chi connectivity index (χ2v) is 9.16. The maximum Gasteiger partial charge on any atom is 0.270 e. The molecule has 5 heteroatoms. The average molecular weight is 357 g/mol. The number of halogens is 2. The van der Waals surface area contributed by atoms with Gasteiger partial charge in [-0.15, -0.1) is 0 Å². The number of rotatable bonds is 3. The fourth-order valence-electron chi connectivity index (χ4n) is 6.73. The van der Waals surface area contributed by atoms with Gasteiger partial charge in [0.1, 0.15) is 0 Å². The van der Waals surface area contributed by atoms with Crippen molar-refractivity contribution in [3.8, 4) is 0 Å². The topological polar surface area (TPSA) is 66.5 Å². The van der Waals surface area contributed by atoms with Gasteiger partial charge in [-0.1, -0.05) is 13.8 Å². The number of aliphatic hydroxyl groups excluding tert-OH is 2. The molecule has 0 aliphatic heterocycles. The zero-order chi connectivity index (χ0) is 18.4. The van der Waals surface area contributed by atoms with E-state index in [9.17, 15) is 19.0 Å². The van der Waals surface area contributed by atoms with Gasteiger partial charge in [0.2, 0.25) is 0 Å². The summed E-state index contributed by atoms with van der Waals surface area (Å²) in [5.41, 5.74) is 6.07. The molecule has 0 aromatic carbocycles. The zero-order valence-corrected chi connectivity index (χ0v) is 15.5. The Morgan fingerprint density at radius 2 is 1.88 bits per heavy atom. The standard InChI is InChI=1S/C20H33F2NO2/c1-19(7-5-13(25)9-12(19)11-24)16-6-8-20(2)15(14(16)10-23)3-4-17(20)18(21)22/h12-16,24-25H,3-11,23H2,1-2H3/t12-,13+,14-,15?,16?,19+,20-/m1/s1. The molecule has 144 valence electrons. The fraction of sp³-hybridized carbons (Fsp3) is 0.900. The summed E-state index contributed by atoms with van der Waals surface area (Å²) in [7, 11) is 0. The van der Waals surface area contributed by atoms with Crippen molar-refractivity contribution in [3.63, 3.8) is 0 Å². The van der Waals surface area contributed by atoms with Crippen molar-refractivity contribution in [2.45, 2.75) is 64.9 Å². The first-order chi connectivity index (χ1) is 11.8. The van der Waals surface area contributed by atoms with Crippen LogP contribution in [0.25, 0.3) is 0 Å². The van der Waals surface area contributed by atoms with Crippen LogP contribution in [0.5, 0.6) is 0 Å². The van der Waals surface area contributed by atoms with Gasteiger partial charge >= 0.3 is 0 Å². The number of hydrogen-bond donors (Lipinski definition) is 3. The molecule has 0 aromatic heterocycles. The number of nitrogens with two attached hydrogens (primary N) is 1. The largest absolute Gasteiger partial charge is 0.396 e. The van der Waals surface area contributed by atoms with Gasteiger partial charge in [0.15, 0.2) is 0 Å². The van der Waals surface area contributed by atoms with Gasteiger partial charge in [0.25, 0.3) is 6.08 Å². The quantitative estimate of drug-likeness (QED) is 0.721. The van der Waals surface area contributed by atoms with Gasteiger partial charge < -0.3 is 15.9 Å². The van der Waals surface area contributed by atoms with Crippen LogP contribution in [0, 0.1) is 34.5 Å². The minimum atomic E-state index is -1.49. The third-order valence-corrected chi connectivity index (χ3v) is 8.29. The number of aliphatic hydroxyl groups is 2. The summed E-state index contributed by atoms with van der Waals surface area (Å²) in [6, 6.07) is 0. The molecule has 0 spiro atoms. The Morgan fingerprint density at radius 3 is 2.48 bits per heavy atom. The van der Waals surface area contributed by atoms with Crippen molar-refractivity contribution in [1.29, 1.82) is 0 Å². The summed E-state index contributed by atoms with van der Waals surface area (Å²) in [4.78, 5) is 0. The van der Waals surface area contributed by atoms with Crippen LogP contribution in [0.1, 0.15) is 58.8 Å². The van der Waals surface area contributed by atoms with Gasteiger partial charge in [-0.25, -0.2) is 0 Å². The normalized spacial score (nSPS) is 47.6. The molecule has 0 aromatic rings. The Balaban J connectivity index is 1.91. The van der Waals surface area contributed by atoms with E-state index in [4.69, 9.17) is 5.73 Å². The maximum absolute atomic E-state index is 13.5. The van der Waals surface area contributed by atoms with E-state index in [0.717, 1.165) is 32.1 Å². The van der Waals surface area contributed by atoms with Crippen LogP contribution >= 0.6 is 0 Å². The first-order valence-electron chi connectivity index (χ1n) is 9.81. The van der Waals surface area contributed by atoms with Crippen LogP contribution in [0.15, 0.2) is 11.7 Å². The van der Waals surface area contributed by atoms with E-state index in [1.54, 1.807) is 0 Å². The lowest BCUT2D eigenvalue weighted by atomic mass is 9.49. The van der Waals surface area contributed by atoms with Crippen molar-refractivity contribution in [3.05, 3.63) is 11.7 Å². The highest BCUT2D eigenvalue weighted by molar-refractivity contribution is 5.24. The van der Waals surface area contributed by atoms with Crippen molar-refractivity contribution < 1.29 is 19.0 Å². The number of hydrogen-bond acceptors (Lipinski definition) is 3. The summed E-state index contributed by atoms with van der Waals surface area (Å²) >= 11 is 0. The van der Waals surface area contributed by atoms with E-state index >= 15 is 0 Å². The van der Waals surface area contributed by atoms with Gasteiger partial charge in [0, 0.05) is 12.2 Å². The second-order valence-electron chi connectivity index (χ2n) is 9.16. The van der Waals surface area contributed by atoms with Crippen molar-refractivity contribution in [2.75, 3.05) is 13.2 Å². The SMILES string of the molecule is C[C@@]12CCC([C@@]3(C)CC[C@H](O)C[C@@H]3CO)[C@H](CN)C1CCC2=C(F)F. The lowest BCUT2D eigenvalue weighted by molar-refractivity contribution is -0.0920. The van der Waals surface area contributed by atoms with Crippen LogP contribution in [0.4, 0.5) is 8.78 Å². The summed E-state index contributed by atoms with van der Waals surface area (Å²) in [5, 5.41) is 20.0. The number of allylic oxidation sites excluding steroid dienone is 1. The summed E-state index contributed by atoms with van der Waals surface area (Å²) in [5.74, 6) is 0.817. The molecule has 0 amide bonds. The lowest BCUT2D eigenvalue weighted by Gasteiger charge is -2.56. The second kappa shape index (κ2) is 6.90. The minimum absolute atomic E-state index is 0.0639. The molecule has 4 N–H and O–H groups in total. The van der Waals surface area contributed by atoms with E-state index in [0.29, 0.717) is 30.9 Å². The smallest absolute Gasteiger partial charge is 0.270 e. The summed E-state index contributed by atoms with van der Waals surface area (Å²) < 4.78 is 26.9. The van der Waals surface area contributed by atoms with Gasteiger partial charge in [-0.2, -0.15) is 8.78 Å². The van der Waals surface area contributed by atoms with Crippen molar-refractivity contribution in [2.24, 2.45) is 40.2 Å². The predicted octanol–water partition coefficient (Wildman–Crippen LogP) is 3.70. The molecule has 3 nitrogen and oxygen atoms in total. The molecule has 3 aliphatic rings. The van der Waals surface area contributed by atoms with Crippen LogP contribution in [-0.4, -0.2) is 29.5 Å². The Kier molecular flexibility index (Phi) is 5.31. The molecule has 3 saturated carbocycles. The average Bonchev–Trinajstić information content (AvgIpc) is 2.93. The third-order valence-electron chi connectivity index (χ3n) is 8.29. The van der Waals surface area contributed by atoms with Crippen molar-refractivity contribution >= 4 is 0 Å². The van der Waals surface area contributed by atoms with E-state index in [2.05, 4.69) is 6.92 Å². The van der Waals surface area contributed by atoms with Gasteiger partial charge in [-0.3, -0.25) is 0 Å². The fourth-order valence-corrected chi connectivity index (χ4v) is 6.73. The van der Waals surface area contributed by atoms with Gasteiger partial charge in [-0.05, 0) is 86.0 Å². The molecule has 3 aliphatic carbocycles. The molecule has 3 rings (SSSR count). The summed E-state index contributed by atoms with van der Waals surface area (Å²) in [6.07, 6.45) is 3.40. The van der Waals surface area contributed by atoms with Gasteiger partial charge in [0.05, 0.1) is 6.10 Å². The monoisotopic (exact) mass is 357 g/mol. The maximum atomic E-state index is 13.5. The van der Waals surface area contributed by atoms with E-state index in [1.165, 1.54) is 0 Å². The molecule has 7 atom stereocenters. The molecule has 2 unspecified atom stereocenters. The molecular weight excluding hydrogens is 324 g/mol.